The molecule has 0 aliphatic carbocycles. The van der Waals surface area contributed by atoms with Crippen LogP contribution in [0.2, 0.25) is 0 Å². The fourth-order valence-electron chi connectivity index (χ4n) is 4.17. The molecule has 1 fully saturated rings. The molecule has 1 saturated heterocycles. The lowest BCUT2D eigenvalue weighted by Crippen LogP contribution is -2.46. The molecule has 24 heavy (non-hydrogen) atoms. The first-order valence-corrected chi connectivity index (χ1v) is 9.00. The lowest BCUT2D eigenvalue weighted by Gasteiger charge is -2.43. The minimum absolute atomic E-state index is 0.310. The van der Waals surface area contributed by atoms with E-state index < -0.39 is 0 Å². The van der Waals surface area contributed by atoms with Gasteiger partial charge < -0.3 is 9.80 Å². The molecule has 4 rings (SSSR count). The van der Waals surface area contributed by atoms with E-state index in [2.05, 4.69) is 34.7 Å². The second-order valence-corrected chi connectivity index (χ2v) is 6.90. The molecule has 1 unspecified atom stereocenters. The van der Waals surface area contributed by atoms with Crippen LogP contribution in [0.5, 0.6) is 0 Å². The SMILES string of the molecule is CCCN1C=C(C)C(N2CCCC2)C2=C1N1CN(OC)C=C1C=N2. The van der Waals surface area contributed by atoms with Crippen molar-refractivity contribution in [2.45, 2.75) is 39.2 Å². The maximum Gasteiger partial charge on any atom is 0.138 e. The van der Waals surface area contributed by atoms with E-state index in [0.29, 0.717) is 6.04 Å². The minimum atomic E-state index is 0.310. The van der Waals surface area contributed by atoms with E-state index in [0.717, 1.165) is 25.3 Å². The van der Waals surface area contributed by atoms with Crippen LogP contribution in [0.4, 0.5) is 0 Å². The summed E-state index contributed by atoms with van der Waals surface area (Å²) in [6, 6.07) is 0.310. The molecule has 4 aliphatic heterocycles. The van der Waals surface area contributed by atoms with Crippen molar-refractivity contribution < 1.29 is 4.84 Å². The minimum Gasteiger partial charge on any atom is -0.333 e. The molecule has 0 aromatic rings. The van der Waals surface area contributed by atoms with Gasteiger partial charge in [-0.1, -0.05) is 6.92 Å². The number of allylic oxidation sites excluding steroid dienone is 1. The van der Waals surface area contributed by atoms with E-state index in [1.807, 2.05) is 17.5 Å². The number of fused-ring (bicyclic) bond motifs is 2. The van der Waals surface area contributed by atoms with Gasteiger partial charge in [0.05, 0.1) is 31.3 Å². The third-order valence-electron chi connectivity index (χ3n) is 5.22. The highest BCUT2D eigenvalue weighted by molar-refractivity contribution is 5.81. The van der Waals surface area contributed by atoms with Crippen LogP contribution >= 0.6 is 0 Å². The summed E-state index contributed by atoms with van der Waals surface area (Å²) >= 11 is 0. The van der Waals surface area contributed by atoms with Crippen molar-refractivity contribution >= 4 is 6.21 Å². The van der Waals surface area contributed by atoms with Gasteiger partial charge in [0, 0.05) is 12.7 Å². The molecule has 4 heterocycles. The quantitative estimate of drug-likeness (QED) is 0.791. The van der Waals surface area contributed by atoms with E-state index in [-0.39, 0.29) is 0 Å². The Kier molecular flexibility index (Phi) is 4.10. The van der Waals surface area contributed by atoms with Crippen molar-refractivity contribution in [2.24, 2.45) is 4.99 Å². The van der Waals surface area contributed by atoms with Gasteiger partial charge >= 0.3 is 0 Å². The Morgan fingerprint density at radius 1 is 1.25 bits per heavy atom. The van der Waals surface area contributed by atoms with Crippen LogP contribution in [0.1, 0.15) is 33.1 Å². The first kappa shape index (κ1) is 15.7. The Labute approximate surface area is 144 Å². The predicted molar refractivity (Wildman–Crippen MR) is 94.5 cm³/mol. The standard InChI is InChI=1S/C18H27N5O/c1-4-7-21-11-14(2)17(20-8-5-6-9-20)16-18(21)23-13-22(24-3)12-15(23)10-19-16/h10-12,17H,4-9,13H2,1-3H3. The van der Waals surface area contributed by atoms with Gasteiger partial charge in [0.25, 0.3) is 0 Å². The molecule has 0 aromatic heterocycles. The first-order valence-electron chi connectivity index (χ1n) is 9.00. The second kappa shape index (κ2) is 6.26. The zero-order valence-corrected chi connectivity index (χ0v) is 14.9. The Hall–Kier alpha value is -1.79. The topological polar surface area (TPSA) is 34.5 Å². The number of nitrogens with zero attached hydrogens (tertiary/aromatic N) is 5. The van der Waals surface area contributed by atoms with Gasteiger partial charge in [-0.15, -0.1) is 0 Å². The highest BCUT2D eigenvalue weighted by atomic mass is 16.7. The summed E-state index contributed by atoms with van der Waals surface area (Å²) in [6.45, 7) is 8.54. The second-order valence-electron chi connectivity index (χ2n) is 6.90. The molecule has 0 spiro atoms. The van der Waals surface area contributed by atoms with Gasteiger partial charge in [-0.25, -0.2) is 5.06 Å². The summed E-state index contributed by atoms with van der Waals surface area (Å²) in [6.07, 6.45) is 10.0. The van der Waals surface area contributed by atoms with Crippen molar-refractivity contribution in [2.75, 3.05) is 33.4 Å². The maximum absolute atomic E-state index is 5.41. The Morgan fingerprint density at radius 2 is 2.04 bits per heavy atom. The number of hydrogen-bond donors (Lipinski definition) is 0. The van der Waals surface area contributed by atoms with Crippen molar-refractivity contribution in [3.05, 3.63) is 35.2 Å². The van der Waals surface area contributed by atoms with E-state index in [4.69, 9.17) is 9.83 Å². The molecular formula is C18H27N5O. The van der Waals surface area contributed by atoms with Crippen LogP contribution in [0.25, 0.3) is 0 Å². The van der Waals surface area contributed by atoms with Crippen LogP contribution in [0.3, 0.4) is 0 Å². The van der Waals surface area contributed by atoms with Gasteiger partial charge in [0.1, 0.15) is 18.2 Å². The molecule has 130 valence electrons. The van der Waals surface area contributed by atoms with Crippen LogP contribution in [0.15, 0.2) is 40.2 Å². The molecule has 4 aliphatic rings. The summed E-state index contributed by atoms with van der Waals surface area (Å²) in [7, 11) is 1.71. The van der Waals surface area contributed by atoms with Crippen molar-refractivity contribution in [3.63, 3.8) is 0 Å². The highest BCUT2D eigenvalue weighted by Crippen LogP contribution is 2.38. The molecule has 0 amide bonds. The number of likely N-dealkylation sites (tertiary alicyclic amines) is 1. The Morgan fingerprint density at radius 3 is 2.75 bits per heavy atom. The Bertz CT molecular complexity index is 629. The Balaban J connectivity index is 1.74. The van der Waals surface area contributed by atoms with Crippen LogP contribution < -0.4 is 0 Å². The summed E-state index contributed by atoms with van der Waals surface area (Å²) in [4.78, 5) is 17.6. The third kappa shape index (κ3) is 2.45. The van der Waals surface area contributed by atoms with Crippen molar-refractivity contribution in [1.29, 1.82) is 0 Å². The van der Waals surface area contributed by atoms with Crippen molar-refractivity contribution in [1.82, 2.24) is 19.8 Å². The largest absolute Gasteiger partial charge is 0.333 e. The lowest BCUT2D eigenvalue weighted by atomic mass is 9.99. The van der Waals surface area contributed by atoms with Crippen molar-refractivity contribution in [3.8, 4) is 0 Å². The van der Waals surface area contributed by atoms with Gasteiger partial charge in [-0.05, 0) is 44.8 Å². The normalized spacial score (nSPS) is 26.8. The number of aliphatic imine (C=N–C) groups is 1. The molecule has 0 radical (unpaired) electrons. The monoisotopic (exact) mass is 329 g/mol. The average Bonchev–Trinajstić information content (AvgIpc) is 3.23. The smallest absolute Gasteiger partial charge is 0.138 e. The van der Waals surface area contributed by atoms with Gasteiger partial charge in [0.15, 0.2) is 0 Å². The van der Waals surface area contributed by atoms with Gasteiger partial charge in [0.2, 0.25) is 0 Å². The average molecular weight is 329 g/mol. The van der Waals surface area contributed by atoms with E-state index in [9.17, 15) is 0 Å². The predicted octanol–water partition coefficient (Wildman–Crippen LogP) is 2.31. The van der Waals surface area contributed by atoms with Gasteiger partial charge in [-0.2, -0.15) is 0 Å². The van der Waals surface area contributed by atoms with Crippen LogP contribution in [-0.2, 0) is 4.84 Å². The number of hydrogen-bond acceptors (Lipinski definition) is 6. The molecule has 1 atom stereocenters. The molecule has 0 saturated carbocycles. The van der Waals surface area contributed by atoms with Crippen LogP contribution in [-0.4, -0.2) is 65.4 Å². The molecular weight excluding hydrogens is 302 g/mol. The zero-order valence-electron chi connectivity index (χ0n) is 14.9. The molecule has 0 bridgehead atoms. The summed E-state index contributed by atoms with van der Waals surface area (Å²) in [5.41, 5.74) is 3.70. The number of hydroxylamine groups is 2. The van der Waals surface area contributed by atoms with Gasteiger partial charge in [-0.3, -0.25) is 14.7 Å². The maximum atomic E-state index is 5.41. The summed E-state index contributed by atoms with van der Waals surface area (Å²) in [5.74, 6) is 1.23. The fraction of sp³-hybridized carbons (Fsp3) is 0.611. The van der Waals surface area contributed by atoms with E-state index >= 15 is 0 Å². The fourth-order valence-corrected chi connectivity index (χ4v) is 4.17. The summed E-state index contributed by atoms with van der Waals surface area (Å²) in [5, 5.41) is 1.86. The molecule has 6 nitrogen and oxygen atoms in total. The number of rotatable bonds is 4. The molecule has 0 aromatic carbocycles. The first-order chi connectivity index (χ1) is 11.7. The lowest BCUT2D eigenvalue weighted by molar-refractivity contribution is -0.0968. The van der Waals surface area contributed by atoms with Crippen LogP contribution in [0, 0.1) is 0 Å². The molecule has 6 heteroatoms. The highest BCUT2D eigenvalue weighted by Gasteiger charge is 2.39. The third-order valence-corrected chi connectivity index (χ3v) is 5.22. The van der Waals surface area contributed by atoms with E-state index in [1.165, 1.54) is 43.0 Å². The summed E-state index contributed by atoms with van der Waals surface area (Å²) < 4.78 is 0. The zero-order chi connectivity index (χ0) is 16.7. The molecule has 0 N–H and O–H groups in total. The van der Waals surface area contributed by atoms with E-state index in [1.54, 1.807) is 7.11 Å².